The normalized spacial score (nSPS) is 10.6. The first-order chi connectivity index (χ1) is 7.49. The average molecular weight is 238 g/mol. The SMILES string of the molecule is Cc1cc(-c2nc(C(=O)O)c(N)s2)c(C)o1. The summed E-state index contributed by atoms with van der Waals surface area (Å²) in [6.07, 6.45) is 0. The summed E-state index contributed by atoms with van der Waals surface area (Å²) in [5.41, 5.74) is 6.28. The molecule has 0 saturated heterocycles. The Labute approximate surface area is 95.5 Å². The standard InChI is InChI=1S/C10H10N2O3S/c1-4-3-6(5(2)15-4)9-12-7(10(13)14)8(11)16-9/h3H,11H2,1-2H3,(H,13,14). The molecule has 16 heavy (non-hydrogen) atoms. The number of rotatable bonds is 2. The van der Waals surface area contributed by atoms with Crippen LogP contribution in [-0.2, 0) is 0 Å². The maximum atomic E-state index is 10.8. The lowest BCUT2D eigenvalue weighted by molar-refractivity contribution is 0.0692. The minimum atomic E-state index is -1.11. The Bertz CT molecular complexity index is 556. The van der Waals surface area contributed by atoms with E-state index in [0.717, 1.165) is 22.7 Å². The van der Waals surface area contributed by atoms with Crippen LogP contribution in [0.25, 0.3) is 10.6 Å². The summed E-state index contributed by atoms with van der Waals surface area (Å²) in [5.74, 6) is 0.360. The van der Waals surface area contributed by atoms with Gasteiger partial charge in [0.1, 0.15) is 21.5 Å². The van der Waals surface area contributed by atoms with Crippen LogP contribution in [0.3, 0.4) is 0 Å². The van der Waals surface area contributed by atoms with Crippen molar-refractivity contribution in [3.05, 3.63) is 23.3 Å². The third-order valence-electron chi connectivity index (χ3n) is 2.13. The molecule has 0 aliphatic rings. The highest BCUT2D eigenvalue weighted by molar-refractivity contribution is 7.19. The fraction of sp³-hybridized carbons (Fsp3) is 0.200. The molecule has 2 aromatic heterocycles. The van der Waals surface area contributed by atoms with Gasteiger partial charge < -0.3 is 15.3 Å². The molecule has 0 amide bonds. The Hall–Kier alpha value is -1.82. The molecule has 2 rings (SSSR count). The van der Waals surface area contributed by atoms with Crippen LogP contribution in [0.4, 0.5) is 5.00 Å². The number of hydrogen-bond acceptors (Lipinski definition) is 5. The van der Waals surface area contributed by atoms with Crippen LogP contribution in [0.15, 0.2) is 10.5 Å². The Morgan fingerprint density at radius 2 is 2.25 bits per heavy atom. The summed E-state index contributed by atoms with van der Waals surface area (Å²) in [4.78, 5) is 14.8. The molecular formula is C10H10N2O3S. The second-order valence-electron chi connectivity index (χ2n) is 3.36. The number of nitrogens with two attached hydrogens (primary N) is 1. The summed E-state index contributed by atoms with van der Waals surface area (Å²) in [6, 6.07) is 1.82. The second kappa shape index (κ2) is 3.64. The highest BCUT2D eigenvalue weighted by Crippen LogP contribution is 2.33. The number of nitrogen functional groups attached to an aromatic ring is 1. The minimum absolute atomic E-state index is 0.0988. The number of carboxylic acid groups (broad SMARTS) is 1. The molecule has 0 fully saturated rings. The number of anilines is 1. The van der Waals surface area contributed by atoms with Gasteiger partial charge in [0.05, 0.1) is 5.56 Å². The molecule has 0 bridgehead atoms. The Morgan fingerprint density at radius 1 is 1.56 bits per heavy atom. The van der Waals surface area contributed by atoms with Gasteiger partial charge in [-0.1, -0.05) is 11.3 Å². The monoisotopic (exact) mass is 238 g/mol. The van der Waals surface area contributed by atoms with E-state index in [1.807, 2.05) is 13.0 Å². The average Bonchev–Trinajstić information content (AvgIpc) is 2.69. The van der Waals surface area contributed by atoms with Gasteiger partial charge in [0.15, 0.2) is 5.69 Å². The molecule has 3 N–H and O–H groups in total. The fourth-order valence-corrected chi connectivity index (χ4v) is 2.33. The predicted octanol–water partition coefficient (Wildman–Crippen LogP) is 2.30. The van der Waals surface area contributed by atoms with Crippen molar-refractivity contribution in [3.8, 4) is 10.6 Å². The largest absolute Gasteiger partial charge is 0.476 e. The zero-order chi connectivity index (χ0) is 11.9. The van der Waals surface area contributed by atoms with Crippen molar-refractivity contribution in [2.75, 3.05) is 5.73 Å². The van der Waals surface area contributed by atoms with Crippen LogP contribution in [0.2, 0.25) is 0 Å². The summed E-state index contributed by atoms with van der Waals surface area (Å²) in [6.45, 7) is 3.63. The summed E-state index contributed by atoms with van der Waals surface area (Å²) < 4.78 is 5.36. The van der Waals surface area contributed by atoms with E-state index < -0.39 is 5.97 Å². The predicted molar refractivity (Wildman–Crippen MR) is 60.7 cm³/mol. The molecule has 6 heteroatoms. The van der Waals surface area contributed by atoms with Gasteiger partial charge in [-0.15, -0.1) is 0 Å². The minimum Gasteiger partial charge on any atom is -0.476 e. The maximum absolute atomic E-state index is 10.8. The second-order valence-corrected chi connectivity index (χ2v) is 4.39. The number of nitrogens with zero attached hydrogens (tertiary/aromatic N) is 1. The number of aryl methyl sites for hydroxylation is 2. The van der Waals surface area contributed by atoms with E-state index >= 15 is 0 Å². The third kappa shape index (κ3) is 1.67. The van der Waals surface area contributed by atoms with Gasteiger partial charge in [-0.25, -0.2) is 9.78 Å². The fourth-order valence-electron chi connectivity index (χ4n) is 1.44. The van der Waals surface area contributed by atoms with Crippen molar-refractivity contribution in [3.63, 3.8) is 0 Å². The van der Waals surface area contributed by atoms with Crippen LogP contribution >= 0.6 is 11.3 Å². The van der Waals surface area contributed by atoms with Gasteiger partial charge in [0, 0.05) is 0 Å². The van der Waals surface area contributed by atoms with Crippen molar-refractivity contribution in [1.82, 2.24) is 4.98 Å². The van der Waals surface area contributed by atoms with E-state index in [9.17, 15) is 4.79 Å². The van der Waals surface area contributed by atoms with Crippen molar-refractivity contribution in [1.29, 1.82) is 0 Å². The van der Waals surface area contributed by atoms with Gasteiger partial charge in [-0.05, 0) is 19.9 Å². The first-order valence-corrected chi connectivity index (χ1v) is 5.37. The first-order valence-electron chi connectivity index (χ1n) is 4.56. The molecule has 0 aliphatic heterocycles. The highest BCUT2D eigenvalue weighted by atomic mass is 32.1. The van der Waals surface area contributed by atoms with E-state index in [2.05, 4.69) is 4.98 Å². The van der Waals surface area contributed by atoms with Crippen molar-refractivity contribution >= 4 is 22.3 Å². The lowest BCUT2D eigenvalue weighted by atomic mass is 10.2. The molecule has 0 aliphatic carbocycles. The molecule has 2 heterocycles. The summed E-state index contributed by atoms with van der Waals surface area (Å²) in [5, 5.41) is 9.62. The molecule has 84 valence electrons. The number of aromatic nitrogens is 1. The lowest BCUT2D eigenvalue weighted by Crippen LogP contribution is -2.00. The van der Waals surface area contributed by atoms with E-state index in [1.165, 1.54) is 0 Å². The summed E-state index contributed by atoms with van der Waals surface area (Å²) in [7, 11) is 0. The quantitative estimate of drug-likeness (QED) is 0.837. The van der Waals surface area contributed by atoms with Gasteiger partial charge in [-0.2, -0.15) is 0 Å². The lowest BCUT2D eigenvalue weighted by Gasteiger charge is -1.89. The summed E-state index contributed by atoms with van der Waals surface area (Å²) >= 11 is 1.15. The van der Waals surface area contributed by atoms with E-state index in [-0.39, 0.29) is 10.7 Å². The number of carbonyl (C=O) groups is 1. The number of thiazole rings is 1. The van der Waals surface area contributed by atoms with Gasteiger partial charge in [0.2, 0.25) is 0 Å². The van der Waals surface area contributed by atoms with Crippen LogP contribution in [-0.4, -0.2) is 16.1 Å². The highest BCUT2D eigenvalue weighted by Gasteiger charge is 2.18. The van der Waals surface area contributed by atoms with Crippen molar-refractivity contribution in [2.24, 2.45) is 0 Å². The van der Waals surface area contributed by atoms with Crippen LogP contribution < -0.4 is 5.73 Å². The molecule has 0 unspecified atom stereocenters. The molecule has 2 aromatic rings. The number of aromatic carboxylic acids is 1. The Kier molecular flexibility index (Phi) is 2.43. The zero-order valence-corrected chi connectivity index (χ0v) is 9.59. The molecule has 0 spiro atoms. The molecule has 5 nitrogen and oxygen atoms in total. The first kappa shape index (κ1) is 10.7. The van der Waals surface area contributed by atoms with E-state index in [4.69, 9.17) is 15.3 Å². The molecule has 0 saturated carbocycles. The maximum Gasteiger partial charge on any atom is 0.357 e. The smallest absolute Gasteiger partial charge is 0.357 e. The van der Waals surface area contributed by atoms with Gasteiger partial charge in [0.25, 0.3) is 0 Å². The number of carboxylic acids is 1. The van der Waals surface area contributed by atoms with E-state index in [0.29, 0.717) is 10.8 Å². The Morgan fingerprint density at radius 3 is 2.69 bits per heavy atom. The molecular weight excluding hydrogens is 228 g/mol. The van der Waals surface area contributed by atoms with Crippen molar-refractivity contribution < 1.29 is 14.3 Å². The number of furan rings is 1. The third-order valence-corrected chi connectivity index (χ3v) is 3.05. The molecule has 0 atom stereocenters. The Balaban J connectivity index is 2.53. The molecule has 0 radical (unpaired) electrons. The van der Waals surface area contributed by atoms with Gasteiger partial charge >= 0.3 is 5.97 Å². The van der Waals surface area contributed by atoms with E-state index in [1.54, 1.807) is 6.92 Å². The topological polar surface area (TPSA) is 89.3 Å². The van der Waals surface area contributed by atoms with Crippen LogP contribution in [0, 0.1) is 13.8 Å². The van der Waals surface area contributed by atoms with Crippen molar-refractivity contribution in [2.45, 2.75) is 13.8 Å². The van der Waals surface area contributed by atoms with Crippen LogP contribution in [0.5, 0.6) is 0 Å². The zero-order valence-electron chi connectivity index (χ0n) is 8.77. The molecule has 0 aromatic carbocycles. The van der Waals surface area contributed by atoms with Gasteiger partial charge in [-0.3, -0.25) is 0 Å². The number of hydrogen-bond donors (Lipinski definition) is 2. The van der Waals surface area contributed by atoms with Crippen LogP contribution in [0.1, 0.15) is 22.0 Å².